The van der Waals surface area contributed by atoms with Crippen molar-refractivity contribution >= 4 is 23.4 Å². The van der Waals surface area contributed by atoms with E-state index in [1.54, 1.807) is 39.0 Å². The van der Waals surface area contributed by atoms with Crippen LogP contribution in [-0.4, -0.2) is 23.3 Å². The lowest BCUT2D eigenvalue weighted by Gasteiger charge is -2.20. The third-order valence-corrected chi connectivity index (χ3v) is 2.78. The van der Waals surface area contributed by atoms with E-state index >= 15 is 0 Å². The van der Waals surface area contributed by atoms with Crippen molar-refractivity contribution < 1.29 is 14.6 Å². The van der Waals surface area contributed by atoms with E-state index in [9.17, 15) is 9.90 Å². The monoisotopic (exact) mass is 300 g/mol. The SMILES string of the molecule is CC(C)(C)OC(=O)Nc1ccc(Cl)c([C@@H](O)CCN)c1. The molecule has 0 radical (unpaired) electrons. The first kappa shape index (κ1) is 16.8. The molecule has 0 aliphatic rings. The Labute approximate surface area is 124 Å². The van der Waals surface area contributed by atoms with Crippen molar-refractivity contribution in [2.24, 2.45) is 5.73 Å². The van der Waals surface area contributed by atoms with Gasteiger partial charge in [-0.05, 0) is 51.9 Å². The van der Waals surface area contributed by atoms with Gasteiger partial charge < -0.3 is 15.6 Å². The molecule has 0 aliphatic carbocycles. The number of anilines is 1. The molecule has 0 aromatic heterocycles. The van der Waals surface area contributed by atoms with E-state index in [4.69, 9.17) is 22.1 Å². The Bertz CT molecular complexity index is 472. The van der Waals surface area contributed by atoms with Crippen LogP contribution in [0.25, 0.3) is 0 Å². The molecular formula is C14H21ClN2O3. The van der Waals surface area contributed by atoms with E-state index in [-0.39, 0.29) is 0 Å². The number of amides is 1. The summed E-state index contributed by atoms with van der Waals surface area (Å²) in [7, 11) is 0. The molecule has 1 amide bonds. The number of aliphatic hydroxyl groups is 1. The van der Waals surface area contributed by atoms with Crippen molar-refractivity contribution in [2.75, 3.05) is 11.9 Å². The molecule has 0 spiro atoms. The molecule has 0 bridgehead atoms. The summed E-state index contributed by atoms with van der Waals surface area (Å²) in [6, 6.07) is 4.88. The summed E-state index contributed by atoms with van der Waals surface area (Å²) in [6.07, 6.45) is -0.915. The van der Waals surface area contributed by atoms with E-state index in [2.05, 4.69) is 5.32 Å². The summed E-state index contributed by atoms with van der Waals surface area (Å²) < 4.78 is 5.15. The third-order valence-electron chi connectivity index (χ3n) is 2.44. The molecule has 6 heteroatoms. The van der Waals surface area contributed by atoms with Crippen LogP contribution < -0.4 is 11.1 Å². The summed E-state index contributed by atoms with van der Waals surface area (Å²) in [6.45, 7) is 5.70. The summed E-state index contributed by atoms with van der Waals surface area (Å²) in [5, 5.41) is 13.0. The van der Waals surface area contributed by atoms with Gasteiger partial charge in [0.05, 0.1) is 6.10 Å². The van der Waals surface area contributed by atoms with Crippen molar-refractivity contribution in [3.63, 3.8) is 0 Å². The first-order chi connectivity index (χ1) is 9.23. The van der Waals surface area contributed by atoms with Gasteiger partial charge in [-0.1, -0.05) is 11.6 Å². The molecule has 0 heterocycles. The molecule has 0 saturated carbocycles. The summed E-state index contributed by atoms with van der Waals surface area (Å²) in [5.41, 5.74) is 5.88. The second kappa shape index (κ2) is 6.92. The van der Waals surface area contributed by atoms with E-state index in [0.717, 1.165) is 0 Å². The van der Waals surface area contributed by atoms with Crippen LogP contribution in [0.3, 0.4) is 0 Å². The van der Waals surface area contributed by atoms with E-state index < -0.39 is 17.8 Å². The fraction of sp³-hybridized carbons (Fsp3) is 0.500. The highest BCUT2D eigenvalue weighted by atomic mass is 35.5. The summed E-state index contributed by atoms with van der Waals surface area (Å²) >= 11 is 6.03. The fourth-order valence-electron chi connectivity index (χ4n) is 1.61. The Hall–Kier alpha value is -1.30. The Morgan fingerprint density at radius 1 is 1.50 bits per heavy atom. The highest BCUT2D eigenvalue weighted by molar-refractivity contribution is 6.31. The minimum Gasteiger partial charge on any atom is -0.444 e. The molecule has 1 atom stereocenters. The van der Waals surface area contributed by atoms with Crippen LogP contribution in [-0.2, 0) is 4.74 Å². The first-order valence-corrected chi connectivity index (χ1v) is 6.78. The molecular weight excluding hydrogens is 280 g/mol. The van der Waals surface area contributed by atoms with Crippen LogP contribution >= 0.6 is 11.6 Å². The molecule has 1 rings (SSSR count). The lowest BCUT2D eigenvalue weighted by atomic mass is 10.1. The van der Waals surface area contributed by atoms with Gasteiger partial charge in [0.25, 0.3) is 0 Å². The molecule has 1 aromatic rings. The molecule has 1 aromatic carbocycles. The predicted molar refractivity (Wildman–Crippen MR) is 79.9 cm³/mol. The molecule has 0 aliphatic heterocycles. The van der Waals surface area contributed by atoms with Crippen LogP contribution in [0.1, 0.15) is 38.9 Å². The van der Waals surface area contributed by atoms with Gasteiger partial charge in [0.2, 0.25) is 0 Å². The van der Waals surface area contributed by atoms with Gasteiger partial charge in [0, 0.05) is 16.3 Å². The largest absolute Gasteiger partial charge is 0.444 e. The standard InChI is InChI=1S/C14H21ClN2O3/c1-14(2,3)20-13(19)17-9-4-5-11(15)10(8-9)12(18)6-7-16/h4-5,8,12,18H,6-7,16H2,1-3H3,(H,17,19)/t12-/m0/s1. The summed E-state index contributed by atoms with van der Waals surface area (Å²) in [5.74, 6) is 0. The van der Waals surface area contributed by atoms with Crippen LogP contribution in [0, 0.1) is 0 Å². The molecule has 20 heavy (non-hydrogen) atoms. The number of aliphatic hydroxyl groups excluding tert-OH is 1. The highest BCUT2D eigenvalue weighted by Crippen LogP contribution is 2.28. The number of benzene rings is 1. The molecule has 112 valence electrons. The molecule has 0 unspecified atom stereocenters. The van der Waals surface area contributed by atoms with Crippen molar-refractivity contribution in [2.45, 2.75) is 38.9 Å². The average molecular weight is 301 g/mol. The van der Waals surface area contributed by atoms with Crippen molar-refractivity contribution in [1.82, 2.24) is 0 Å². The van der Waals surface area contributed by atoms with Gasteiger partial charge in [-0.25, -0.2) is 4.79 Å². The zero-order valence-corrected chi connectivity index (χ0v) is 12.7. The minimum absolute atomic E-state index is 0.348. The zero-order valence-electron chi connectivity index (χ0n) is 11.9. The topological polar surface area (TPSA) is 84.6 Å². The number of rotatable bonds is 4. The summed E-state index contributed by atoms with van der Waals surface area (Å²) in [4.78, 5) is 11.7. The van der Waals surface area contributed by atoms with Gasteiger partial charge in [0.1, 0.15) is 5.60 Å². The van der Waals surface area contributed by atoms with Gasteiger partial charge in [-0.15, -0.1) is 0 Å². The van der Waals surface area contributed by atoms with Gasteiger partial charge in [-0.3, -0.25) is 5.32 Å². The molecule has 0 fully saturated rings. The molecule has 0 saturated heterocycles. The second-order valence-electron chi connectivity index (χ2n) is 5.46. The number of carbonyl (C=O) groups excluding carboxylic acids is 1. The maximum Gasteiger partial charge on any atom is 0.412 e. The first-order valence-electron chi connectivity index (χ1n) is 6.40. The predicted octanol–water partition coefficient (Wildman–Crippen LogP) is 3.07. The van der Waals surface area contributed by atoms with Crippen molar-refractivity contribution in [3.05, 3.63) is 28.8 Å². The number of hydrogen-bond acceptors (Lipinski definition) is 4. The number of carbonyl (C=O) groups is 1. The Morgan fingerprint density at radius 3 is 2.70 bits per heavy atom. The number of nitrogens with one attached hydrogen (secondary N) is 1. The van der Waals surface area contributed by atoms with Crippen molar-refractivity contribution in [1.29, 1.82) is 0 Å². The van der Waals surface area contributed by atoms with E-state index in [1.165, 1.54) is 0 Å². The van der Waals surface area contributed by atoms with Crippen LogP contribution in [0.4, 0.5) is 10.5 Å². The number of halogens is 1. The normalized spacial score (nSPS) is 12.9. The minimum atomic E-state index is -0.757. The quantitative estimate of drug-likeness (QED) is 0.798. The van der Waals surface area contributed by atoms with Crippen LogP contribution in [0.5, 0.6) is 0 Å². The maximum absolute atomic E-state index is 11.7. The maximum atomic E-state index is 11.7. The van der Waals surface area contributed by atoms with Gasteiger partial charge in [-0.2, -0.15) is 0 Å². The molecule has 4 N–H and O–H groups in total. The van der Waals surface area contributed by atoms with Crippen molar-refractivity contribution in [3.8, 4) is 0 Å². The van der Waals surface area contributed by atoms with Crippen LogP contribution in [0.2, 0.25) is 5.02 Å². The average Bonchev–Trinajstić information content (AvgIpc) is 2.29. The lowest BCUT2D eigenvalue weighted by molar-refractivity contribution is 0.0636. The van der Waals surface area contributed by atoms with E-state index in [1.807, 2.05) is 0 Å². The zero-order chi connectivity index (χ0) is 15.3. The smallest absolute Gasteiger partial charge is 0.412 e. The van der Waals surface area contributed by atoms with Gasteiger partial charge >= 0.3 is 6.09 Å². The Morgan fingerprint density at radius 2 is 2.15 bits per heavy atom. The van der Waals surface area contributed by atoms with Gasteiger partial charge in [0.15, 0.2) is 0 Å². The molecule has 5 nitrogen and oxygen atoms in total. The number of hydrogen-bond donors (Lipinski definition) is 3. The van der Waals surface area contributed by atoms with E-state index in [0.29, 0.717) is 29.2 Å². The second-order valence-corrected chi connectivity index (χ2v) is 5.86. The third kappa shape index (κ3) is 5.36. The lowest BCUT2D eigenvalue weighted by Crippen LogP contribution is -2.27. The van der Waals surface area contributed by atoms with Crippen LogP contribution in [0.15, 0.2) is 18.2 Å². The highest BCUT2D eigenvalue weighted by Gasteiger charge is 2.17. The number of nitrogens with two attached hydrogens (primary N) is 1. The Kier molecular flexibility index (Phi) is 5.80. The Balaban J connectivity index is 2.82. The fourth-order valence-corrected chi connectivity index (χ4v) is 1.86. The number of ether oxygens (including phenoxy) is 1.